The zero-order valence-corrected chi connectivity index (χ0v) is 18.9. The second kappa shape index (κ2) is 7.58. The number of nitrogens with zero attached hydrogens (tertiary/aromatic N) is 1. The van der Waals surface area contributed by atoms with Crippen molar-refractivity contribution in [1.82, 2.24) is 4.90 Å². The number of amides is 2. The number of likely N-dealkylation sites (tertiary alicyclic amines) is 1. The van der Waals surface area contributed by atoms with E-state index in [9.17, 15) is 14.0 Å². The molecule has 3 aromatic carbocycles. The lowest BCUT2D eigenvalue weighted by Gasteiger charge is -2.56. The Labute approximate surface area is 197 Å². The number of hydrogen-bond donors (Lipinski definition) is 0. The molecule has 3 aromatic rings. The SMILES string of the molecule is COC(OC)C12c3ccccc3C(c3ccccc31)[C@@H]1C(=O)N(Cc3ccc(F)cc3)C(=O)[C@@H]12. The summed E-state index contributed by atoms with van der Waals surface area (Å²) in [6.45, 7) is 0.102. The lowest BCUT2D eigenvalue weighted by Crippen LogP contribution is -2.60. The standard InChI is InChI=1S/C28H24FNO4/c1-33-27(34-2)28-20-9-5-3-7-18(20)22(19-8-4-6-10-21(19)28)23-24(28)26(32)30(25(23)31)15-16-11-13-17(29)14-12-16/h3-14,22-24,27H,15H2,1-2H3/t22?,23-,24+,28?/m0/s1. The topological polar surface area (TPSA) is 55.8 Å². The first-order valence-corrected chi connectivity index (χ1v) is 11.4. The molecule has 6 heteroatoms. The van der Waals surface area contributed by atoms with Crippen LogP contribution in [0.25, 0.3) is 0 Å². The number of carbonyl (C=O) groups excluding carboxylic acids is 2. The average Bonchev–Trinajstić information content (AvgIpc) is 3.12. The van der Waals surface area contributed by atoms with Gasteiger partial charge in [-0.3, -0.25) is 14.5 Å². The highest BCUT2D eigenvalue weighted by atomic mass is 19.1. The van der Waals surface area contributed by atoms with Gasteiger partial charge in [-0.15, -0.1) is 0 Å². The molecule has 1 saturated heterocycles. The van der Waals surface area contributed by atoms with E-state index in [2.05, 4.69) is 0 Å². The summed E-state index contributed by atoms with van der Waals surface area (Å²) in [5.41, 5.74) is 3.74. The van der Waals surface area contributed by atoms with Crippen LogP contribution in [-0.4, -0.2) is 37.2 Å². The quantitative estimate of drug-likeness (QED) is 0.430. The fourth-order valence-electron chi connectivity index (χ4n) is 6.69. The first kappa shape index (κ1) is 21.2. The van der Waals surface area contributed by atoms with Gasteiger partial charge in [0.1, 0.15) is 5.82 Å². The molecule has 0 radical (unpaired) electrons. The highest BCUT2D eigenvalue weighted by Crippen LogP contribution is 2.65. The number of benzene rings is 3. The predicted octanol–water partition coefficient (Wildman–Crippen LogP) is 3.99. The predicted molar refractivity (Wildman–Crippen MR) is 122 cm³/mol. The molecule has 0 aromatic heterocycles. The summed E-state index contributed by atoms with van der Waals surface area (Å²) in [5, 5.41) is 0. The molecular weight excluding hydrogens is 433 g/mol. The van der Waals surface area contributed by atoms with Gasteiger partial charge >= 0.3 is 0 Å². The molecule has 1 aliphatic heterocycles. The van der Waals surface area contributed by atoms with E-state index in [-0.39, 0.29) is 30.1 Å². The molecule has 34 heavy (non-hydrogen) atoms. The largest absolute Gasteiger partial charge is 0.355 e. The van der Waals surface area contributed by atoms with E-state index < -0.39 is 23.5 Å². The minimum absolute atomic E-state index is 0.102. The van der Waals surface area contributed by atoms with Crippen LogP contribution in [0.4, 0.5) is 4.39 Å². The van der Waals surface area contributed by atoms with Crippen LogP contribution >= 0.6 is 0 Å². The van der Waals surface area contributed by atoms with Gasteiger partial charge in [-0.1, -0.05) is 60.7 Å². The molecule has 172 valence electrons. The summed E-state index contributed by atoms with van der Waals surface area (Å²) >= 11 is 0. The van der Waals surface area contributed by atoms with Gasteiger partial charge in [0.15, 0.2) is 6.29 Å². The van der Waals surface area contributed by atoms with Crippen LogP contribution < -0.4 is 0 Å². The normalized spacial score (nSPS) is 26.6. The fraction of sp³-hybridized carbons (Fsp3) is 0.286. The minimum atomic E-state index is -0.972. The van der Waals surface area contributed by atoms with Crippen molar-refractivity contribution in [3.8, 4) is 0 Å². The number of imide groups is 1. The summed E-state index contributed by atoms with van der Waals surface area (Å²) in [4.78, 5) is 29.4. The third-order valence-corrected chi connectivity index (χ3v) is 7.83. The Bertz CT molecular complexity index is 1250. The third kappa shape index (κ3) is 2.55. The van der Waals surface area contributed by atoms with Gasteiger partial charge < -0.3 is 9.47 Å². The number of ether oxygens (including phenoxy) is 2. The molecule has 0 saturated carbocycles. The van der Waals surface area contributed by atoms with Crippen molar-refractivity contribution in [2.24, 2.45) is 11.8 Å². The average molecular weight is 458 g/mol. The van der Waals surface area contributed by atoms with Crippen molar-refractivity contribution in [3.05, 3.63) is 106 Å². The Morgan fingerprint density at radius 1 is 0.853 bits per heavy atom. The summed E-state index contributed by atoms with van der Waals surface area (Å²) < 4.78 is 25.2. The Morgan fingerprint density at radius 2 is 1.41 bits per heavy atom. The fourth-order valence-corrected chi connectivity index (χ4v) is 6.69. The van der Waals surface area contributed by atoms with E-state index in [4.69, 9.17) is 9.47 Å². The Kier molecular flexibility index (Phi) is 4.73. The van der Waals surface area contributed by atoms with Gasteiger partial charge in [0, 0.05) is 20.1 Å². The van der Waals surface area contributed by atoms with E-state index in [0.717, 1.165) is 22.3 Å². The molecule has 7 rings (SSSR count). The smallest absolute Gasteiger partial charge is 0.234 e. The Balaban J connectivity index is 1.58. The molecule has 0 N–H and O–H groups in total. The summed E-state index contributed by atoms with van der Waals surface area (Å²) in [6, 6.07) is 21.9. The molecule has 5 nitrogen and oxygen atoms in total. The zero-order chi connectivity index (χ0) is 23.6. The minimum Gasteiger partial charge on any atom is -0.355 e. The van der Waals surface area contributed by atoms with Crippen LogP contribution in [0.15, 0.2) is 72.8 Å². The lowest BCUT2D eigenvalue weighted by molar-refractivity contribution is -0.169. The van der Waals surface area contributed by atoms with E-state index in [1.165, 1.54) is 17.0 Å². The third-order valence-electron chi connectivity index (χ3n) is 7.83. The second-order valence-electron chi connectivity index (χ2n) is 9.22. The van der Waals surface area contributed by atoms with Gasteiger partial charge in [-0.25, -0.2) is 4.39 Å². The van der Waals surface area contributed by atoms with Gasteiger partial charge in [0.25, 0.3) is 0 Å². The van der Waals surface area contributed by atoms with Gasteiger partial charge in [-0.05, 0) is 39.9 Å². The van der Waals surface area contributed by atoms with Crippen LogP contribution in [0, 0.1) is 17.7 Å². The second-order valence-corrected chi connectivity index (χ2v) is 9.22. The van der Waals surface area contributed by atoms with Crippen LogP contribution in [0.2, 0.25) is 0 Å². The highest BCUT2D eigenvalue weighted by molar-refractivity contribution is 6.08. The van der Waals surface area contributed by atoms with Crippen LogP contribution in [0.5, 0.6) is 0 Å². The number of rotatable bonds is 5. The maximum Gasteiger partial charge on any atom is 0.234 e. The van der Waals surface area contributed by atoms with Crippen molar-refractivity contribution in [2.45, 2.75) is 24.2 Å². The maximum atomic E-state index is 14.1. The summed E-state index contributed by atoms with van der Waals surface area (Å²) in [5.74, 6) is -2.27. The first-order chi connectivity index (χ1) is 16.5. The monoisotopic (exact) mass is 457 g/mol. The van der Waals surface area contributed by atoms with Crippen molar-refractivity contribution in [3.63, 3.8) is 0 Å². The van der Waals surface area contributed by atoms with Crippen molar-refractivity contribution in [1.29, 1.82) is 0 Å². The summed E-state index contributed by atoms with van der Waals surface area (Å²) in [7, 11) is 3.14. The molecular formula is C28H24FNO4. The van der Waals surface area contributed by atoms with Crippen LogP contribution in [0.3, 0.4) is 0 Å². The summed E-state index contributed by atoms with van der Waals surface area (Å²) in [6.07, 6.45) is -0.772. The first-order valence-electron chi connectivity index (χ1n) is 11.4. The molecule has 2 amide bonds. The van der Waals surface area contributed by atoms with Crippen molar-refractivity contribution < 1.29 is 23.5 Å². The van der Waals surface area contributed by atoms with E-state index in [1.807, 2.05) is 48.5 Å². The van der Waals surface area contributed by atoms with Crippen LogP contribution in [0.1, 0.15) is 33.7 Å². The Morgan fingerprint density at radius 3 is 1.97 bits per heavy atom. The molecule has 0 spiro atoms. The number of carbonyl (C=O) groups is 2. The van der Waals surface area contributed by atoms with Gasteiger partial charge in [-0.2, -0.15) is 0 Å². The Hall–Kier alpha value is -3.35. The van der Waals surface area contributed by atoms with E-state index in [0.29, 0.717) is 5.56 Å². The van der Waals surface area contributed by atoms with Gasteiger partial charge in [0.2, 0.25) is 11.8 Å². The van der Waals surface area contributed by atoms with E-state index in [1.54, 1.807) is 26.4 Å². The molecule has 2 bridgehead atoms. The van der Waals surface area contributed by atoms with Crippen molar-refractivity contribution in [2.75, 3.05) is 14.2 Å². The lowest BCUT2D eigenvalue weighted by atomic mass is 9.47. The van der Waals surface area contributed by atoms with Crippen molar-refractivity contribution >= 4 is 11.8 Å². The zero-order valence-electron chi connectivity index (χ0n) is 18.9. The highest BCUT2D eigenvalue weighted by Gasteiger charge is 2.70. The number of methoxy groups -OCH3 is 2. The molecule has 0 unspecified atom stereocenters. The number of halogens is 1. The van der Waals surface area contributed by atoms with Crippen LogP contribution in [-0.2, 0) is 31.0 Å². The maximum absolute atomic E-state index is 14.1. The van der Waals surface area contributed by atoms with Gasteiger partial charge in [0.05, 0.1) is 23.8 Å². The molecule has 2 atom stereocenters. The molecule has 4 aliphatic rings. The van der Waals surface area contributed by atoms with E-state index >= 15 is 0 Å². The molecule has 1 fully saturated rings. The molecule has 1 heterocycles. The number of hydrogen-bond acceptors (Lipinski definition) is 4. The molecule has 3 aliphatic carbocycles.